The van der Waals surface area contributed by atoms with Crippen molar-refractivity contribution in [1.29, 1.82) is 0 Å². The molecular weight excluding hydrogens is 642 g/mol. The number of fused-ring (bicyclic) bond motifs is 4. The first-order valence-electron chi connectivity index (χ1n) is 16.9. The van der Waals surface area contributed by atoms with Crippen molar-refractivity contribution in [3.63, 3.8) is 0 Å². The van der Waals surface area contributed by atoms with E-state index in [0.717, 1.165) is 22.2 Å². The van der Waals surface area contributed by atoms with E-state index < -0.39 is 53.3 Å². The first-order valence-corrected chi connectivity index (χ1v) is 16.9. The Labute approximate surface area is 293 Å². The fourth-order valence-corrected chi connectivity index (χ4v) is 8.58. The van der Waals surface area contributed by atoms with Crippen LogP contribution in [-0.4, -0.2) is 43.8 Å². The SMILES string of the molecule is O=C1O[C@@H](c2ccccc2)[C@@H](c2ccccc2)N2[C@@H](c3ccc(O)cc3)[C@]3(C(=O)Nc4ccccc43)[C@@H](C(=O)NCc3nc4ccccc4[nH]3)[C@H]12. The maximum atomic E-state index is 15.0. The Bertz CT molecular complexity index is 2260. The largest absolute Gasteiger partial charge is 0.508 e. The number of nitrogens with one attached hydrogen (secondary N) is 3. The number of imidazole rings is 1. The molecule has 10 nitrogen and oxygen atoms in total. The summed E-state index contributed by atoms with van der Waals surface area (Å²) >= 11 is 0. The van der Waals surface area contributed by atoms with Crippen molar-refractivity contribution in [1.82, 2.24) is 20.2 Å². The van der Waals surface area contributed by atoms with Crippen LogP contribution < -0.4 is 10.6 Å². The Morgan fingerprint density at radius 3 is 2.20 bits per heavy atom. The summed E-state index contributed by atoms with van der Waals surface area (Å²) in [6.07, 6.45) is -0.758. The molecule has 9 rings (SSSR count). The number of H-pyrrole nitrogens is 1. The van der Waals surface area contributed by atoms with Crippen molar-refractivity contribution < 1.29 is 24.2 Å². The molecule has 3 aliphatic rings. The highest BCUT2D eigenvalue weighted by Gasteiger charge is 2.73. The molecule has 1 spiro atoms. The Morgan fingerprint density at radius 2 is 1.45 bits per heavy atom. The molecule has 4 heterocycles. The van der Waals surface area contributed by atoms with Gasteiger partial charge in [-0.25, -0.2) is 4.98 Å². The second-order valence-electron chi connectivity index (χ2n) is 13.3. The highest BCUT2D eigenvalue weighted by Crippen LogP contribution is 2.64. The van der Waals surface area contributed by atoms with Crippen LogP contribution >= 0.6 is 0 Å². The number of amides is 2. The van der Waals surface area contributed by atoms with Crippen LogP contribution in [0.1, 0.15) is 46.3 Å². The number of para-hydroxylation sites is 3. The Morgan fingerprint density at radius 1 is 0.784 bits per heavy atom. The number of morpholine rings is 1. The number of carbonyl (C=O) groups is 3. The molecule has 2 amide bonds. The highest BCUT2D eigenvalue weighted by atomic mass is 16.6. The third kappa shape index (κ3) is 4.74. The summed E-state index contributed by atoms with van der Waals surface area (Å²) in [5.41, 5.74) is 3.51. The average Bonchev–Trinajstić information content (AvgIpc) is 3.82. The van der Waals surface area contributed by atoms with Crippen molar-refractivity contribution in [2.45, 2.75) is 36.2 Å². The lowest BCUT2D eigenvalue weighted by Gasteiger charge is -2.46. The third-order valence-corrected chi connectivity index (χ3v) is 10.6. The highest BCUT2D eigenvalue weighted by molar-refractivity contribution is 6.12. The van der Waals surface area contributed by atoms with Gasteiger partial charge in [0.1, 0.15) is 29.1 Å². The summed E-state index contributed by atoms with van der Waals surface area (Å²) in [5, 5.41) is 16.5. The molecule has 6 atom stereocenters. The van der Waals surface area contributed by atoms with Gasteiger partial charge in [0.25, 0.3) is 0 Å². The van der Waals surface area contributed by atoms with Crippen molar-refractivity contribution in [3.05, 3.63) is 162 Å². The smallest absolute Gasteiger partial charge is 0.324 e. The standard InChI is InChI=1S/C41H33N5O5/c47-27-21-19-26(20-22-27)37-41(28-15-7-8-16-29(28)45-40(41)50)33(38(48)42-23-32-43-30-17-9-10-18-31(30)44-32)35-39(49)51-36(25-13-5-2-6-14-25)34(46(35)37)24-11-3-1-4-12-24/h1-22,33-37,47H,23H2,(H,42,48)(H,43,44)(H,45,50)/t33-,34-,35-,36+,37+,41-/m1/s1. The van der Waals surface area contributed by atoms with Crippen molar-refractivity contribution >= 4 is 34.5 Å². The Kier molecular flexibility index (Phi) is 7.22. The van der Waals surface area contributed by atoms with Gasteiger partial charge in [-0.05, 0) is 52.6 Å². The number of ether oxygens (including phenoxy) is 1. The molecule has 51 heavy (non-hydrogen) atoms. The number of benzene rings is 5. The molecule has 2 fully saturated rings. The predicted molar refractivity (Wildman–Crippen MR) is 189 cm³/mol. The number of cyclic esters (lactones) is 1. The number of aromatic nitrogens is 2. The van der Waals surface area contributed by atoms with E-state index in [0.29, 0.717) is 22.6 Å². The van der Waals surface area contributed by atoms with Crippen LogP contribution in [-0.2, 0) is 31.1 Å². The zero-order valence-electron chi connectivity index (χ0n) is 27.3. The molecule has 4 N–H and O–H groups in total. The number of esters is 1. The van der Waals surface area contributed by atoms with Gasteiger partial charge in [0.15, 0.2) is 0 Å². The number of anilines is 1. The maximum Gasteiger partial charge on any atom is 0.324 e. The zero-order valence-corrected chi connectivity index (χ0v) is 27.3. The minimum Gasteiger partial charge on any atom is -0.508 e. The van der Waals surface area contributed by atoms with Crippen LogP contribution in [0.25, 0.3) is 11.0 Å². The van der Waals surface area contributed by atoms with Crippen LogP contribution in [0.15, 0.2) is 133 Å². The van der Waals surface area contributed by atoms with Crippen LogP contribution in [0, 0.1) is 5.92 Å². The van der Waals surface area contributed by atoms with Crippen molar-refractivity contribution in [3.8, 4) is 5.75 Å². The minimum absolute atomic E-state index is 0.0454. The van der Waals surface area contributed by atoms with Gasteiger partial charge in [0.05, 0.1) is 35.6 Å². The molecule has 0 unspecified atom stereocenters. The number of rotatable bonds is 6. The molecule has 2 saturated heterocycles. The topological polar surface area (TPSA) is 137 Å². The average molecular weight is 676 g/mol. The summed E-state index contributed by atoms with van der Waals surface area (Å²) in [4.78, 5) is 54.5. The molecule has 0 radical (unpaired) electrons. The van der Waals surface area contributed by atoms with Gasteiger partial charge >= 0.3 is 5.97 Å². The molecule has 252 valence electrons. The fraction of sp³-hybridized carbons (Fsp3) is 0.171. The molecule has 5 aromatic carbocycles. The van der Waals surface area contributed by atoms with Gasteiger partial charge in [-0.2, -0.15) is 0 Å². The fourth-order valence-electron chi connectivity index (χ4n) is 8.58. The first kappa shape index (κ1) is 30.8. The molecule has 10 heteroatoms. The predicted octanol–water partition coefficient (Wildman–Crippen LogP) is 5.86. The lowest BCUT2D eigenvalue weighted by molar-refractivity contribution is -0.178. The van der Waals surface area contributed by atoms with E-state index in [4.69, 9.17) is 4.74 Å². The zero-order chi connectivity index (χ0) is 34.7. The van der Waals surface area contributed by atoms with E-state index in [2.05, 4.69) is 20.6 Å². The van der Waals surface area contributed by atoms with Crippen molar-refractivity contribution in [2.75, 3.05) is 5.32 Å². The first-order chi connectivity index (χ1) is 24.9. The van der Waals surface area contributed by atoms with E-state index in [1.807, 2.05) is 114 Å². The molecule has 1 aromatic heterocycles. The second kappa shape index (κ2) is 12.0. The number of phenolic OH excluding ortho intramolecular Hbond substituents is 1. The molecular formula is C41H33N5O5. The summed E-state index contributed by atoms with van der Waals surface area (Å²) in [7, 11) is 0. The summed E-state index contributed by atoms with van der Waals surface area (Å²) in [6.45, 7) is 0.0454. The summed E-state index contributed by atoms with van der Waals surface area (Å²) in [5.74, 6) is -2.11. The molecule has 0 aliphatic carbocycles. The third-order valence-electron chi connectivity index (χ3n) is 10.6. The van der Waals surface area contributed by atoms with Gasteiger partial charge < -0.3 is 25.5 Å². The lowest BCUT2D eigenvalue weighted by atomic mass is 9.65. The van der Waals surface area contributed by atoms with Gasteiger partial charge in [-0.3, -0.25) is 19.3 Å². The summed E-state index contributed by atoms with van der Waals surface area (Å²) in [6, 6.07) is 38.3. The lowest BCUT2D eigenvalue weighted by Crippen LogP contribution is -2.54. The van der Waals surface area contributed by atoms with E-state index in [1.165, 1.54) is 0 Å². The normalized spacial score (nSPS) is 25.3. The number of aromatic amines is 1. The van der Waals surface area contributed by atoms with E-state index in [9.17, 15) is 19.5 Å². The van der Waals surface area contributed by atoms with Gasteiger partial charge in [-0.1, -0.05) is 103 Å². The summed E-state index contributed by atoms with van der Waals surface area (Å²) < 4.78 is 6.41. The quantitative estimate of drug-likeness (QED) is 0.163. The number of carbonyl (C=O) groups excluding carboxylic acids is 3. The molecule has 0 saturated carbocycles. The Hall–Kier alpha value is -6.26. The van der Waals surface area contributed by atoms with E-state index in [-0.39, 0.29) is 12.3 Å². The van der Waals surface area contributed by atoms with E-state index >= 15 is 0 Å². The van der Waals surface area contributed by atoms with Crippen LogP contribution in [0.4, 0.5) is 5.69 Å². The van der Waals surface area contributed by atoms with E-state index in [1.54, 1.807) is 24.3 Å². The number of aromatic hydroxyl groups is 1. The van der Waals surface area contributed by atoms with Gasteiger partial charge in [0.2, 0.25) is 11.8 Å². The monoisotopic (exact) mass is 675 g/mol. The number of nitrogens with zero attached hydrogens (tertiary/aromatic N) is 2. The number of phenols is 1. The van der Waals surface area contributed by atoms with Gasteiger partial charge in [0, 0.05) is 5.69 Å². The van der Waals surface area contributed by atoms with Crippen molar-refractivity contribution in [2.24, 2.45) is 5.92 Å². The number of hydrogen-bond donors (Lipinski definition) is 4. The maximum absolute atomic E-state index is 15.0. The Balaban J connectivity index is 1.27. The van der Waals surface area contributed by atoms with Crippen LogP contribution in [0.2, 0.25) is 0 Å². The molecule has 6 aromatic rings. The molecule has 3 aliphatic heterocycles. The van der Waals surface area contributed by atoms with Gasteiger partial charge in [-0.15, -0.1) is 0 Å². The van der Waals surface area contributed by atoms with Crippen LogP contribution in [0.3, 0.4) is 0 Å². The molecule has 0 bridgehead atoms. The second-order valence-corrected chi connectivity index (χ2v) is 13.3. The van der Waals surface area contributed by atoms with Crippen LogP contribution in [0.5, 0.6) is 5.75 Å². The minimum atomic E-state index is -1.58. The number of hydrogen-bond acceptors (Lipinski definition) is 7.